The van der Waals surface area contributed by atoms with Crippen molar-refractivity contribution < 1.29 is 4.18 Å². The van der Waals surface area contributed by atoms with E-state index in [1.54, 1.807) is 7.11 Å². The molecule has 0 bridgehead atoms. The van der Waals surface area contributed by atoms with Crippen LogP contribution < -0.4 is 0 Å². The summed E-state index contributed by atoms with van der Waals surface area (Å²) in [6, 6.07) is 10.3. The maximum Gasteiger partial charge on any atom is 0.0503 e. The van der Waals surface area contributed by atoms with Crippen molar-refractivity contribution >= 4 is 12.0 Å². The summed E-state index contributed by atoms with van der Waals surface area (Å²) < 4.78 is 4.86. The molecule has 0 aliphatic carbocycles. The number of hydrogen-bond donors (Lipinski definition) is 0. The van der Waals surface area contributed by atoms with Gasteiger partial charge >= 0.3 is 0 Å². The van der Waals surface area contributed by atoms with Gasteiger partial charge in [0.05, 0.1) is 7.11 Å². The Kier molecular flexibility index (Phi) is 3.33. The Morgan fingerprint density at radius 3 is 2.60 bits per heavy atom. The normalized spacial score (nSPS) is 9.70. The lowest BCUT2D eigenvalue weighted by atomic mass is 10.2. The first-order chi connectivity index (χ1) is 4.93. The molecule has 0 saturated heterocycles. The predicted molar refractivity (Wildman–Crippen MR) is 44.7 cm³/mol. The van der Waals surface area contributed by atoms with Crippen molar-refractivity contribution in [3.8, 4) is 0 Å². The van der Waals surface area contributed by atoms with Gasteiger partial charge in [0, 0.05) is 5.75 Å². The lowest BCUT2D eigenvalue weighted by molar-refractivity contribution is 0.489. The van der Waals surface area contributed by atoms with Gasteiger partial charge in [-0.05, 0) is 17.6 Å². The Hall–Kier alpha value is -0.470. The second kappa shape index (κ2) is 4.36. The Labute approximate surface area is 65.6 Å². The van der Waals surface area contributed by atoms with Crippen LogP contribution in [0.15, 0.2) is 30.3 Å². The highest BCUT2D eigenvalue weighted by atomic mass is 32.2. The fourth-order valence-corrected chi connectivity index (χ4v) is 1.15. The lowest BCUT2D eigenvalue weighted by Crippen LogP contribution is -1.77. The Bertz CT molecular complexity index is 174. The van der Waals surface area contributed by atoms with Crippen molar-refractivity contribution in [2.75, 3.05) is 7.11 Å². The van der Waals surface area contributed by atoms with Gasteiger partial charge in [0.1, 0.15) is 0 Å². The first-order valence-electron chi connectivity index (χ1n) is 3.13. The molecule has 2 heteroatoms. The average Bonchev–Trinajstić information content (AvgIpc) is 2.03. The zero-order valence-electron chi connectivity index (χ0n) is 5.91. The highest BCUT2D eigenvalue weighted by molar-refractivity contribution is 7.93. The smallest absolute Gasteiger partial charge is 0.0503 e. The Morgan fingerprint density at radius 2 is 2.00 bits per heavy atom. The van der Waals surface area contributed by atoms with Crippen molar-refractivity contribution in [3.05, 3.63) is 35.9 Å². The van der Waals surface area contributed by atoms with E-state index in [0.717, 1.165) is 5.75 Å². The van der Waals surface area contributed by atoms with Crippen LogP contribution in [0.25, 0.3) is 0 Å². The minimum atomic E-state index is 0.928. The first-order valence-corrected chi connectivity index (χ1v) is 4.04. The van der Waals surface area contributed by atoms with E-state index in [1.807, 2.05) is 18.2 Å². The molecule has 1 aromatic rings. The molecule has 0 saturated carbocycles. The van der Waals surface area contributed by atoms with Gasteiger partial charge < -0.3 is 4.18 Å². The van der Waals surface area contributed by atoms with Gasteiger partial charge in [-0.25, -0.2) is 0 Å². The van der Waals surface area contributed by atoms with E-state index in [-0.39, 0.29) is 0 Å². The number of benzene rings is 1. The van der Waals surface area contributed by atoms with E-state index in [2.05, 4.69) is 12.1 Å². The molecule has 0 radical (unpaired) electrons. The number of hydrogen-bond acceptors (Lipinski definition) is 2. The molecule has 0 unspecified atom stereocenters. The quantitative estimate of drug-likeness (QED) is 0.618. The fourth-order valence-electron chi connectivity index (χ4n) is 0.701. The van der Waals surface area contributed by atoms with Crippen LogP contribution in [0, 0.1) is 0 Å². The molecule has 0 N–H and O–H groups in total. The third-order valence-electron chi connectivity index (χ3n) is 1.19. The van der Waals surface area contributed by atoms with Crippen LogP contribution in [-0.4, -0.2) is 7.11 Å². The van der Waals surface area contributed by atoms with E-state index in [4.69, 9.17) is 4.18 Å². The van der Waals surface area contributed by atoms with E-state index < -0.39 is 0 Å². The molecule has 0 heterocycles. The van der Waals surface area contributed by atoms with E-state index in [9.17, 15) is 0 Å². The molecule has 1 nitrogen and oxygen atoms in total. The summed E-state index contributed by atoms with van der Waals surface area (Å²) in [6.07, 6.45) is 0. The fraction of sp³-hybridized carbons (Fsp3) is 0.250. The van der Waals surface area contributed by atoms with Gasteiger partial charge in [0.15, 0.2) is 0 Å². The molecular formula is C8H10OS. The van der Waals surface area contributed by atoms with Gasteiger partial charge in [-0.2, -0.15) is 0 Å². The highest BCUT2D eigenvalue weighted by Gasteiger charge is 1.88. The van der Waals surface area contributed by atoms with Crippen molar-refractivity contribution in [2.45, 2.75) is 5.75 Å². The van der Waals surface area contributed by atoms with Gasteiger partial charge in [0.2, 0.25) is 0 Å². The molecule has 0 atom stereocenters. The van der Waals surface area contributed by atoms with Crippen molar-refractivity contribution in [1.29, 1.82) is 0 Å². The minimum absolute atomic E-state index is 0.928. The Morgan fingerprint density at radius 1 is 1.30 bits per heavy atom. The summed E-state index contributed by atoms with van der Waals surface area (Å²) in [7, 11) is 1.69. The van der Waals surface area contributed by atoms with Crippen LogP contribution in [0.4, 0.5) is 0 Å². The topological polar surface area (TPSA) is 9.23 Å². The predicted octanol–water partition coefficient (Wildman–Crippen LogP) is 2.48. The van der Waals surface area contributed by atoms with Crippen molar-refractivity contribution in [2.24, 2.45) is 0 Å². The zero-order chi connectivity index (χ0) is 7.23. The molecule has 1 aromatic carbocycles. The summed E-state index contributed by atoms with van der Waals surface area (Å²) in [4.78, 5) is 0. The summed E-state index contributed by atoms with van der Waals surface area (Å²) in [5.74, 6) is 0.928. The second-order valence-electron chi connectivity index (χ2n) is 1.91. The molecular weight excluding hydrogens is 144 g/mol. The highest BCUT2D eigenvalue weighted by Crippen LogP contribution is 2.10. The van der Waals surface area contributed by atoms with Crippen LogP contribution in [0.5, 0.6) is 0 Å². The van der Waals surface area contributed by atoms with Gasteiger partial charge in [-0.1, -0.05) is 30.3 Å². The lowest BCUT2D eigenvalue weighted by Gasteiger charge is -1.96. The molecule has 0 aliphatic heterocycles. The molecule has 0 amide bonds. The molecule has 0 fully saturated rings. The summed E-state index contributed by atoms with van der Waals surface area (Å²) in [6.45, 7) is 0. The van der Waals surface area contributed by atoms with Crippen molar-refractivity contribution in [1.82, 2.24) is 0 Å². The van der Waals surface area contributed by atoms with Gasteiger partial charge in [-0.15, -0.1) is 0 Å². The van der Waals surface area contributed by atoms with Crippen LogP contribution in [0.3, 0.4) is 0 Å². The summed E-state index contributed by atoms with van der Waals surface area (Å²) in [5, 5.41) is 0. The van der Waals surface area contributed by atoms with Crippen LogP contribution in [0.1, 0.15) is 5.56 Å². The standard InChI is InChI=1S/C8H10OS/c1-9-10-7-8-5-3-2-4-6-8/h2-6H,7H2,1H3. The number of rotatable bonds is 3. The monoisotopic (exact) mass is 154 g/mol. The van der Waals surface area contributed by atoms with Crippen LogP contribution in [-0.2, 0) is 9.94 Å². The molecule has 10 heavy (non-hydrogen) atoms. The SMILES string of the molecule is COSCc1ccccc1. The molecule has 54 valence electrons. The van der Waals surface area contributed by atoms with E-state index in [0.29, 0.717) is 0 Å². The third-order valence-corrected chi connectivity index (χ3v) is 1.87. The third kappa shape index (κ3) is 2.42. The molecule has 0 aromatic heterocycles. The maximum absolute atomic E-state index is 4.86. The maximum atomic E-state index is 4.86. The zero-order valence-corrected chi connectivity index (χ0v) is 6.73. The Balaban J connectivity index is 2.43. The largest absolute Gasteiger partial charge is 0.318 e. The van der Waals surface area contributed by atoms with E-state index >= 15 is 0 Å². The molecule has 1 rings (SSSR count). The summed E-state index contributed by atoms with van der Waals surface area (Å²) >= 11 is 1.46. The van der Waals surface area contributed by atoms with Crippen molar-refractivity contribution in [3.63, 3.8) is 0 Å². The molecule has 0 spiro atoms. The molecule has 0 aliphatic rings. The van der Waals surface area contributed by atoms with Crippen LogP contribution in [0.2, 0.25) is 0 Å². The average molecular weight is 154 g/mol. The van der Waals surface area contributed by atoms with Crippen LogP contribution >= 0.6 is 12.0 Å². The summed E-state index contributed by atoms with van der Waals surface area (Å²) in [5.41, 5.74) is 1.30. The van der Waals surface area contributed by atoms with Gasteiger partial charge in [0.25, 0.3) is 0 Å². The van der Waals surface area contributed by atoms with E-state index in [1.165, 1.54) is 17.6 Å². The van der Waals surface area contributed by atoms with Gasteiger partial charge in [-0.3, -0.25) is 0 Å². The first kappa shape index (κ1) is 7.63. The minimum Gasteiger partial charge on any atom is -0.318 e. The second-order valence-corrected chi connectivity index (χ2v) is 2.77.